The first-order chi connectivity index (χ1) is 14.2. The van der Waals surface area contributed by atoms with Crippen LogP contribution in [0.5, 0.6) is 5.75 Å². The van der Waals surface area contributed by atoms with Crippen LogP contribution in [0.1, 0.15) is 31.9 Å². The highest BCUT2D eigenvalue weighted by atomic mass is 32.2. The highest BCUT2D eigenvalue weighted by Gasteiger charge is 2.14. The Bertz CT molecular complexity index is 951. The molecule has 0 aliphatic carbocycles. The highest BCUT2D eigenvalue weighted by Crippen LogP contribution is 2.22. The zero-order chi connectivity index (χ0) is 22.1. The predicted octanol–water partition coefficient (Wildman–Crippen LogP) is 2.15. The van der Waals surface area contributed by atoms with Crippen molar-refractivity contribution >= 4 is 16.0 Å². The number of aliphatic imine (C=N–C) groups is 1. The van der Waals surface area contributed by atoms with Gasteiger partial charge in [0.05, 0.1) is 17.5 Å². The SMILES string of the molecule is CCNC(=NCc1ccc(C)cc1OC(C)C)NCCNS(=O)(=O)c1ccn(C)c1. The van der Waals surface area contributed by atoms with Crippen molar-refractivity contribution in [1.29, 1.82) is 0 Å². The molecule has 0 atom stereocenters. The van der Waals surface area contributed by atoms with Crippen molar-refractivity contribution < 1.29 is 13.2 Å². The maximum Gasteiger partial charge on any atom is 0.242 e. The third-order valence-electron chi connectivity index (χ3n) is 4.16. The first-order valence-corrected chi connectivity index (χ1v) is 11.6. The minimum Gasteiger partial charge on any atom is -0.491 e. The Hall–Kier alpha value is -2.52. The molecule has 0 amide bonds. The molecular weight excluding hydrogens is 402 g/mol. The Balaban J connectivity index is 1.95. The van der Waals surface area contributed by atoms with Crippen LogP contribution in [-0.4, -0.2) is 44.7 Å². The van der Waals surface area contributed by atoms with Crippen LogP contribution < -0.4 is 20.1 Å². The van der Waals surface area contributed by atoms with Gasteiger partial charge in [0, 0.05) is 44.6 Å². The summed E-state index contributed by atoms with van der Waals surface area (Å²) in [6.07, 6.45) is 3.35. The minimum atomic E-state index is -3.51. The summed E-state index contributed by atoms with van der Waals surface area (Å²) >= 11 is 0. The van der Waals surface area contributed by atoms with Gasteiger partial charge < -0.3 is 19.9 Å². The van der Waals surface area contributed by atoms with E-state index in [0.29, 0.717) is 25.6 Å². The number of aromatic nitrogens is 1. The van der Waals surface area contributed by atoms with Gasteiger partial charge in [0.1, 0.15) is 5.75 Å². The molecule has 9 heteroatoms. The molecule has 0 aliphatic heterocycles. The average molecular weight is 436 g/mol. The molecule has 0 unspecified atom stereocenters. The number of rotatable bonds is 10. The van der Waals surface area contributed by atoms with Crippen LogP contribution in [0.15, 0.2) is 46.5 Å². The zero-order valence-corrected chi connectivity index (χ0v) is 19.2. The second-order valence-corrected chi connectivity index (χ2v) is 9.08. The summed E-state index contributed by atoms with van der Waals surface area (Å²) in [5, 5.41) is 6.33. The van der Waals surface area contributed by atoms with Crippen LogP contribution >= 0.6 is 0 Å². The highest BCUT2D eigenvalue weighted by molar-refractivity contribution is 7.89. The monoisotopic (exact) mass is 435 g/mol. The first kappa shape index (κ1) is 23.8. The molecule has 0 aliphatic rings. The molecule has 3 N–H and O–H groups in total. The van der Waals surface area contributed by atoms with Gasteiger partial charge in [-0.2, -0.15) is 0 Å². The van der Waals surface area contributed by atoms with Crippen molar-refractivity contribution in [3.63, 3.8) is 0 Å². The molecule has 2 rings (SSSR count). The average Bonchev–Trinajstić information content (AvgIpc) is 3.11. The fraction of sp³-hybridized carbons (Fsp3) is 0.476. The van der Waals surface area contributed by atoms with Crippen LogP contribution in [-0.2, 0) is 23.6 Å². The topological polar surface area (TPSA) is 96.8 Å². The Morgan fingerprint density at radius 2 is 1.97 bits per heavy atom. The smallest absolute Gasteiger partial charge is 0.242 e. The molecule has 1 aromatic carbocycles. The van der Waals surface area contributed by atoms with E-state index in [9.17, 15) is 8.42 Å². The van der Waals surface area contributed by atoms with E-state index >= 15 is 0 Å². The molecule has 0 bridgehead atoms. The second kappa shape index (κ2) is 11.0. The number of hydrogen-bond donors (Lipinski definition) is 3. The fourth-order valence-corrected chi connectivity index (χ4v) is 3.83. The van der Waals surface area contributed by atoms with E-state index in [2.05, 4.69) is 20.3 Å². The largest absolute Gasteiger partial charge is 0.491 e. The van der Waals surface area contributed by atoms with Gasteiger partial charge in [0.2, 0.25) is 10.0 Å². The molecule has 166 valence electrons. The summed E-state index contributed by atoms with van der Waals surface area (Å²) < 4.78 is 34.7. The number of hydrogen-bond acceptors (Lipinski definition) is 4. The van der Waals surface area contributed by atoms with Crippen molar-refractivity contribution in [2.45, 2.75) is 45.2 Å². The van der Waals surface area contributed by atoms with Gasteiger partial charge >= 0.3 is 0 Å². The van der Waals surface area contributed by atoms with Crippen molar-refractivity contribution in [2.24, 2.45) is 12.0 Å². The molecule has 0 fully saturated rings. The lowest BCUT2D eigenvalue weighted by atomic mass is 10.1. The van der Waals surface area contributed by atoms with E-state index < -0.39 is 10.0 Å². The van der Waals surface area contributed by atoms with Crippen LogP contribution in [0.2, 0.25) is 0 Å². The summed E-state index contributed by atoms with van der Waals surface area (Å²) in [6, 6.07) is 7.65. The number of aryl methyl sites for hydroxylation is 2. The van der Waals surface area contributed by atoms with E-state index in [0.717, 1.165) is 16.9 Å². The molecule has 0 saturated carbocycles. The van der Waals surface area contributed by atoms with E-state index in [1.54, 1.807) is 30.1 Å². The molecule has 8 nitrogen and oxygen atoms in total. The minimum absolute atomic E-state index is 0.0820. The van der Waals surface area contributed by atoms with Crippen molar-refractivity contribution in [3.8, 4) is 5.75 Å². The number of benzene rings is 1. The molecular formula is C21H33N5O3S. The number of nitrogens with one attached hydrogen (secondary N) is 3. The fourth-order valence-electron chi connectivity index (χ4n) is 2.75. The van der Waals surface area contributed by atoms with Gasteiger partial charge in [-0.05, 0) is 45.4 Å². The van der Waals surface area contributed by atoms with Gasteiger partial charge in [-0.15, -0.1) is 0 Å². The van der Waals surface area contributed by atoms with Crippen LogP contribution in [0.3, 0.4) is 0 Å². The maximum atomic E-state index is 12.3. The lowest BCUT2D eigenvalue weighted by molar-refractivity contribution is 0.240. The maximum absolute atomic E-state index is 12.3. The van der Waals surface area contributed by atoms with Crippen LogP contribution in [0.25, 0.3) is 0 Å². The Kier molecular flexibility index (Phi) is 8.73. The second-order valence-electron chi connectivity index (χ2n) is 7.31. The van der Waals surface area contributed by atoms with Gasteiger partial charge in [-0.1, -0.05) is 12.1 Å². The summed E-state index contributed by atoms with van der Waals surface area (Å²) in [5.74, 6) is 1.45. The van der Waals surface area contributed by atoms with Crippen molar-refractivity contribution in [1.82, 2.24) is 19.9 Å². The summed E-state index contributed by atoms with van der Waals surface area (Å²) in [6.45, 7) is 9.80. The number of nitrogens with zero attached hydrogens (tertiary/aromatic N) is 2. The Morgan fingerprint density at radius 3 is 2.60 bits per heavy atom. The lowest BCUT2D eigenvalue weighted by Gasteiger charge is -2.15. The van der Waals surface area contributed by atoms with Gasteiger partial charge in [-0.25, -0.2) is 18.1 Å². The van der Waals surface area contributed by atoms with Crippen LogP contribution in [0, 0.1) is 6.92 Å². The zero-order valence-electron chi connectivity index (χ0n) is 18.4. The van der Waals surface area contributed by atoms with Gasteiger partial charge in [0.15, 0.2) is 5.96 Å². The molecule has 0 saturated heterocycles. The summed E-state index contributed by atoms with van der Waals surface area (Å²) in [5.41, 5.74) is 2.13. The normalized spacial score (nSPS) is 12.3. The molecule has 0 radical (unpaired) electrons. The van der Waals surface area contributed by atoms with E-state index in [4.69, 9.17) is 4.74 Å². The van der Waals surface area contributed by atoms with E-state index in [-0.39, 0.29) is 17.5 Å². The molecule has 1 heterocycles. The number of sulfonamides is 1. The Labute approximate surface area is 179 Å². The quantitative estimate of drug-likeness (QED) is 0.302. The first-order valence-electron chi connectivity index (χ1n) is 10.1. The third-order valence-corrected chi connectivity index (χ3v) is 5.61. The predicted molar refractivity (Wildman–Crippen MR) is 120 cm³/mol. The van der Waals surface area contributed by atoms with E-state index in [1.807, 2.05) is 45.9 Å². The molecule has 30 heavy (non-hydrogen) atoms. The summed E-state index contributed by atoms with van der Waals surface area (Å²) in [4.78, 5) is 4.86. The summed E-state index contributed by atoms with van der Waals surface area (Å²) in [7, 11) is -1.73. The van der Waals surface area contributed by atoms with Gasteiger partial charge in [0.25, 0.3) is 0 Å². The van der Waals surface area contributed by atoms with Crippen molar-refractivity contribution in [3.05, 3.63) is 47.8 Å². The van der Waals surface area contributed by atoms with Crippen molar-refractivity contribution in [2.75, 3.05) is 19.6 Å². The third kappa shape index (κ3) is 7.38. The Morgan fingerprint density at radius 1 is 1.20 bits per heavy atom. The van der Waals surface area contributed by atoms with E-state index in [1.165, 1.54) is 0 Å². The number of ether oxygens (including phenoxy) is 1. The molecule has 0 spiro atoms. The van der Waals surface area contributed by atoms with Gasteiger partial charge in [-0.3, -0.25) is 0 Å². The molecule has 1 aromatic heterocycles. The molecule has 2 aromatic rings. The lowest BCUT2D eigenvalue weighted by Crippen LogP contribution is -2.41. The number of guanidine groups is 1. The van der Waals surface area contributed by atoms with Crippen LogP contribution in [0.4, 0.5) is 0 Å². The standard InChI is InChI=1S/C21H33N5O3S/c1-6-22-21(23-10-11-25-30(27,28)19-9-12-26(5)15-19)24-14-18-8-7-17(4)13-20(18)29-16(2)3/h7-9,12-13,15-16,25H,6,10-11,14H2,1-5H3,(H2,22,23,24).